The first-order valence-electron chi connectivity index (χ1n) is 8.35. The average molecular weight is 550 g/mol. The van der Waals surface area contributed by atoms with Crippen molar-refractivity contribution in [3.8, 4) is 0 Å². The Bertz CT molecular complexity index is 756. The molecule has 1 aromatic rings. The number of amides is 1. The summed E-state index contributed by atoms with van der Waals surface area (Å²) in [6.45, 7) is 3.84. The Morgan fingerprint density at radius 3 is 2.74 bits per heavy atom. The number of aliphatic imine (C=N–C) groups is 1. The summed E-state index contributed by atoms with van der Waals surface area (Å²) < 4.78 is 27.3. The Morgan fingerprint density at radius 1 is 1.41 bits per heavy atom. The number of carbonyl (C=O) groups is 1. The molecule has 2 rings (SSSR count). The first kappa shape index (κ1) is 24.4. The fraction of sp³-hybridized carbons (Fsp3) is 0.600. The normalized spacial score (nSPS) is 17.5. The Balaban J connectivity index is 0.00000364. The van der Waals surface area contributed by atoms with E-state index in [0.717, 1.165) is 24.3 Å². The van der Waals surface area contributed by atoms with Crippen LogP contribution >= 0.6 is 46.9 Å². The zero-order chi connectivity index (χ0) is 19.2. The monoisotopic (exact) mass is 549 g/mol. The third kappa shape index (κ3) is 7.37. The molecular formula is C15H25ClIN5O3S2. The van der Waals surface area contributed by atoms with Crippen molar-refractivity contribution in [2.45, 2.75) is 30.0 Å². The second kappa shape index (κ2) is 11.4. The Morgan fingerprint density at radius 2 is 2.15 bits per heavy atom. The van der Waals surface area contributed by atoms with Gasteiger partial charge in [0.05, 0.1) is 4.34 Å². The Hall–Kier alpha value is -0.630. The van der Waals surface area contributed by atoms with Crippen molar-refractivity contribution in [2.24, 2.45) is 4.99 Å². The van der Waals surface area contributed by atoms with E-state index in [1.165, 1.54) is 6.07 Å². The predicted molar refractivity (Wildman–Crippen MR) is 120 cm³/mol. The number of hydrogen-bond acceptors (Lipinski definition) is 5. The second-order valence-electron chi connectivity index (χ2n) is 5.78. The fourth-order valence-electron chi connectivity index (χ4n) is 2.60. The van der Waals surface area contributed by atoms with Crippen molar-refractivity contribution < 1.29 is 13.2 Å². The van der Waals surface area contributed by atoms with Gasteiger partial charge in [-0.2, -0.15) is 0 Å². The maximum atomic E-state index is 12.1. The molecule has 0 spiro atoms. The van der Waals surface area contributed by atoms with E-state index in [-0.39, 0.29) is 46.7 Å². The molecule has 0 radical (unpaired) electrons. The SMILES string of the molecule is CCC(=O)N1CCC(NC(=NC)NCCNS(=O)(=O)c2ccc(Cl)s2)C1.I. The van der Waals surface area contributed by atoms with Gasteiger partial charge in [-0.05, 0) is 18.6 Å². The largest absolute Gasteiger partial charge is 0.355 e. The summed E-state index contributed by atoms with van der Waals surface area (Å²) in [5.41, 5.74) is 0. The van der Waals surface area contributed by atoms with E-state index in [1.54, 1.807) is 13.1 Å². The van der Waals surface area contributed by atoms with Gasteiger partial charge in [-0.3, -0.25) is 9.79 Å². The standard InChI is InChI=1S/C15H24ClN5O3S2.HI/c1-3-13(22)21-9-6-11(10-21)20-15(17-2)18-7-8-19-26(23,24)14-5-4-12(16)25-14;/h4-5,11,19H,3,6-10H2,1-2H3,(H2,17,18,20);1H. The number of nitrogens with one attached hydrogen (secondary N) is 3. The van der Waals surface area contributed by atoms with Crippen LogP contribution in [0.25, 0.3) is 0 Å². The summed E-state index contributed by atoms with van der Waals surface area (Å²) in [5, 5.41) is 6.33. The molecule has 0 saturated carbocycles. The third-order valence-corrected chi connectivity index (χ3v) is 7.11. The summed E-state index contributed by atoms with van der Waals surface area (Å²) in [6.07, 6.45) is 1.37. The van der Waals surface area contributed by atoms with Crippen LogP contribution in [0.15, 0.2) is 21.3 Å². The predicted octanol–water partition coefficient (Wildman–Crippen LogP) is 1.47. The number of hydrogen-bond donors (Lipinski definition) is 3. The van der Waals surface area contributed by atoms with Crippen LogP contribution in [-0.4, -0.2) is 64.5 Å². The molecule has 0 aliphatic carbocycles. The van der Waals surface area contributed by atoms with E-state index in [9.17, 15) is 13.2 Å². The first-order chi connectivity index (χ1) is 12.4. The van der Waals surface area contributed by atoms with Gasteiger partial charge in [0.15, 0.2) is 5.96 Å². The van der Waals surface area contributed by atoms with Crippen LogP contribution in [0, 0.1) is 0 Å². The lowest BCUT2D eigenvalue weighted by Crippen LogP contribution is -2.46. The highest BCUT2D eigenvalue weighted by atomic mass is 127. The maximum absolute atomic E-state index is 12.1. The summed E-state index contributed by atoms with van der Waals surface area (Å²) >= 11 is 6.79. The Labute approximate surface area is 186 Å². The van der Waals surface area contributed by atoms with Crippen LogP contribution in [0.1, 0.15) is 19.8 Å². The molecule has 12 heteroatoms. The minimum Gasteiger partial charge on any atom is -0.355 e. The van der Waals surface area contributed by atoms with Crippen LogP contribution < -0.4 is 15.4 Å². The molecule has 3 N–H and O–H groups in total. The topological polar surface area (TPSA) is 103 Å². The van der Waals surface area contributed by atoms with Crippen LogP contribution in [0.2, 0.25) is 4.34 Å². The van der Waals surface area contributed by atoms with Crippen molar-refractivity contribution in [1.82, 2.24) is 20.3 Å². The summed E-state index contributed by atoms with van der Waals surface area (Å²) in [5.74, 6) is 0.736. The molecule has 1 amide bonds. The number of guanidine groups is 1. The summed E-state index contributed by atoms with van der Waals surface area (Å²) in [4.78, 5) is 17.7. The molecule has 1 aromatic heterocycles. The number of sulfonamides is 1. The van der Waals surface area contributed by atoms with Gasteiger partial charge in [-0.15, -0.1) is 35.3 Å². The van der Waals surface area contributed by atoms with Crippen LogP contribution in [0.4, 0.5) is 0 Å². The second-order valence-corrected chi connectivity index (χ2v) is 9.49. The lowest BCUT2D eigenvalue weighted by molar-refractivity contribution is -0.129. The number of halogens is 2. The molecule has 1 aliphatic heterocycles. The van der Waals surface area contributed by atoms with Gasteiger partial charge < -0.3 is 15.5 Å². The smallest absolute Gasteiger partial charge is 0.250 e. The number of rotatable bonds is 7. The fourth-order valence-corrected chi connectivity index (χ4v) is 5.15. The third-order valence-electron chi connectivity index (χ3n) is 3.93. The Kier molecular flexibility index (Phi) is 10.3. The van der Waals surface area contributed by atoms with Crippen LogP contribution in [-0.2, 0) is 14.8 Å². The minimum absolute atomic E-state index is 0. The van der Waals surface area contributed by atoms with Gasteiger partial charge in [0, 0.05) is 45.7 Å². The van der Waals surface area contributed by atoms with Gasteiger partial charge in [0.1, 0.15) is 4.21 Å². The van der Waals surface area contributed by atoms with E-state index >= 15 is 0 Å². The van der Waals surface area contributed by atoms with Crippen molar-refractivity contribution >= 4 is 68.8 Å². The van der Waals surface area contributed by atoms with Gasteiger partial charge >= 0.3 is 0 Å². The molecule has 27 heavy (non-hydrogen) atoms. The molecule has 0 bridgehead atoms. The van der Waals surface area contributed by atoms with E-state index in [2.05, 4.69) is 20.3 Å². The molecule has 1 atom stereocenters. The zero-order valence-corrected chi connectivity index (χ0v) is 19.9. The van der Waals surface area contributed by atoms with Crippen molar-refractivity contribution in [1.29, 1.82) is 0 Å². The van der Waals surface area contributed by atoms with Gasteiger partial charge in [-0.25, -0.2) is 13.1 Å². The molecule has 1 fully saturated rings. The molecule has 2 heterocycles. The lowest BCUT2D eigenvalue weighted by atomic mass is 10.3. The van der Waals surface area contributed by atoms with Crippen molar-refractivity contribution in [2.75, 3.05) is 33.2 Å². The highest BCUT2D eigenvalue weighted by Crippen LogP contribution is 2.25. The molecule has 1 saturated heterocycles. The average Bonchev–Trinajstić information content (AvgIpc) is 3.26. The molecule has 1 aliphatic rings. The molecule has 0 aromatic carbocycles. The minimum atomic E-state index is -3.55. The molecule has 154 valence electrons. The number of likely N-dealkylation sites (tertiary alicyclic amines) is 1. The molecule has 8 nitrogen and oxygen atoms in total. The summed E-state index contributed by atoms with van der Waals surface area (Å²) in [7, 11) is -1.90. The summed E-state index contributed by atoms with van der Waals surface area (Å²) in [6, 6.07) is 3.17. The van der Waals surface area contributed by atoms with Gasteiger partial charge in [0.25, 0.3) is 0 Å². The van der Waals surface area contributed by atoms with Gasteiger partial charge in [0.2, 0.25) is 15.9 Å². The van der Waals surface area contributed by atoms with Crippen LogP contribution in [0.5, 0.6) is 0 Å². The first-order valence-corrected chi connectivity index (χ1v) is 11.0. The van der Waals surface area contributed by atoms with E-state index in [1.807, 2.05) is 11.8 Å². The van der Waals surface area contributed by atoms with E-state index in [4.69, 9.17) is 11.6 Å². The number of carbonyl (C=O) groups excluding carboxylic acids is 1. The van der Waals surface area contributed by atoms with Crippen molar-refractivity contribution in [3.05, 3.63) is 16.5 Å². The highest BCUT2D eigenvalue weighted by molar-refractivity contribution is 14.0. The van der Waals surface area contributed by atoms with E-state index < -0.39 is 10.0 Å². The number of thiophene rings is 1. The van der Waals surface area contributed by atoms with Gasteiger partial charge in [-0.1, -0.05) is 18.5 Å². The highest BCUT2D eigenvalue weighted by Gasteiger charge is 2.25. The molecule has 1 unspecified atom stereocenters. The quantitative estimate of drug-likeness (QED) is 0.207. The maximum Gasteiger partial charge on any atom is 0.250 e. The number of nitrogens with zero attached hydrogens (tertiary/aromatic N) is 2. The zero-order valence-electron chi connectivity index (χ0n) is 15.2. The lowest BCUT2D eigenvalue weighted by Gasteiger charge is -2.18. The van der Waals surface area contributed by atoms with Crippen LogP contribution in [0.3, 0.4) is 0 Å². The molecular weight excluding hydrogens is 525 g/mol. The van der Waals surface area contributed by atoms with E-state index in [0.29, 0.717) is 29.8 Å². The van der Waals surface area contributed by atoms with Crippen molar-refractivity contribution in [3.63, 3.8) is 0 Å².